The lowest BCUT2D eigenvalue weighted by Gasteiger charge is -2.14. The van der Waals surface area contributed by atoms with Crippen molar-refractivity contribution in [1.82, 2.24) is 4.90 Å². The molecule has 0 atom stereocenters. The van der Waals surface area contributed by atoms with Crippen LogP contribution in [0.4, 0.5) is 0 Å². The van der Waals surface area contributed by atoms with Gasteiger partial charge < -0.3 is 14.4 Å². The van der Waals surface area contributed by atoms with Gasteiger partial charge in [0, 0.05) is 22.6 Å². The highest BCUT2D eigenvalue weighted by molar-refractivity contribution is 5.70. The van der Waals surface area contributed by atoms with Gasteiger partial charge in [0.25, 0.3) is 0 Å². The first-order valence-electron chi connectivity index (χ1n) is 7.22. The predicted octanol–water partition coefficient (Wildman–Crippen LogP) is 0.0444. The lowest BCUT2D eigenvalue weighted by Crippen LogP contribution is -2.25. The van der Waals surface area contributed by atoms with Crippen LogP contribution in [0.1, 0.15) is 22.4 Å². The molecule has 0 fully saturated rings. The molecule has 0 unspecified atom stereocenters. The molecule has 0 rings (SSSR count). The average Bonchev–Trinajstić information content (AvgIpc) is 2.23. The molecule has 0 N–H and O–H groups in total. The zero-order chi connectivity index (χ0) is 17.1. The van der Waals surface area contributed by atoms with Crippen LogP contribution in [0.3, 0.4) is 0 Å². The second kappa shape index (κ2) is 7.32. The number of esters is 2. The fraction of sp³-hybridized carbons (Fsp3) is 0.778. The molecule has 0 heterocycles. The Balaban J connectivity index is 5.58. The van der Waals surface area contributed by atoms with Gasteiger partial charge in [0.15, 0.2) is 0 Å². The number of methoxy groups -OCH3 is 2. The quantitative estimate of drug-likeness (QED) is 0.580. The van der Waals surface area contributed by atoms with Gasteiger partial charge in [-0.1, -0.05) is 0 Å². The van der Waals surface area contributed by atoms with Crippen molar-refractivity contribution in [3.05, 3.63) is 0 Å². The molecule has 0 aliphatic carbocycles. The van der Waals surface area contributed by atoms with E-state index in [4.69, 9.17) is 9.60 Å². The first kappa shape index (κ1) is 5.11. The molecule has 0 saturated heterocycles. The zero-order valence-corrected chi connectivity index (χ0v) is 7.99. The molecule has 0 radical (unpaired) electrons. The number of rotatable bonds is 6. The van der Waals surface area contributed by atoms with E-state index in [0.717, 1.165) is 14.2 Å². The topological polar surface area (TPSA) is 55.8 Å². The molecule has 0 amide bonds. The molecule has 0 aromatic heterocycles. The van der Waals surface area contributed by atoms with E-state index in [1.54, 1.807) is 0 Å². The Hall–Kier alpha value is -1.10. The van der Waals surface area contributed by atoms with Gasteiger partial charge in [-0.05, 0) is 6.98 Å². The molecule has 5 nitrogen and oxygen atoms in total. The fourth-order valence-electron chi connectivity index (χ4n) is 0.487. The van der Waals surface area contributed by atoms with Crippen LogP contribution in [0.25, 0.3) is 0 Å². The van der Waals surface area contributed by atoms with Crippen LogP contribution in [0.5, 0.6) is 0 Å². The highest BCUT2D eigenvalue weighted by Crippen LogP contribution is 1.93. The van der Waals surface area contributed by atoms with Gasteiger partial charge >= 0.3 is 11.9 Å². The van der Waals surface area contributed by atoms with Crippen LogP contribution in [-0.2, 0) is 19.1 Å². The van der Waals surface area contributed by atoms with Crippen molar-refractivity contribution >= 4 is 11.9 Å². The summed E-state index contributed by atoms with van der Waals surface area (Å²) in [7, 11) is 1.97. The molecule has 0 saturated carbocycles. The Kier molecular flexibility index (Phi) is 2.67. The minimum absolute atomic E-state index is 0.138. The Morgan fingerprint density at radius 1 is 1.21 bits per heavy atom. The number of ether oxygens (including phenoxy) is 2. The Bertz CT molecular complexity index is 366. The smallest absolute Gasteiger partial charge is 0.306 e. The molecule has 0 aliphatic heterocycles. The lowest BCUT2D eigenvalue weighted by molar-refractivity contribution is -0.140. The van der Waals surface area contributed by atoms with Gasteiger partial charge in [0.05, 0.1) is 27.1 Å². The van der Waals surface area contributed by atoms with E-state index >= 15 is 0 Å². The van der Waals surface area contributed by atoms with E-state index in [1.807, 2.05) is 0 Å². The molecular formula is C9H17NO4. The second-order valence-electron chi connectivity index (χ2n) is 2.16. The third-order valence-corrected chi connectivity index (χ3v) is 1.22. The van der Waals surface area contributed by atoms with Gasteiger partial charge in [0.1, 0.15) is 0 Å². The summed E-state index contributed by atoms with van der Waals surface area (Å²) in [6.07, 6.45) is -2.02. The van der Waals surface area contributed by atoms with Crippen molar-refractivity contribution in [1.29, 1.82) is 0 Å². The molecule has 0 aromatic carbocycles. The summed E-state index contributed by atoms with van der Waals surface area (Å²) in [6.45, 7) is -9.01. The summed E-state index contributed by atoms with van der Waals surface area (Å²) >= 11 is 0. The van der Waals surface area contributed by atoms with Crippen molar-refractivity contribution in [3.63, 3.8) is 0 Å². The van der Waals surface area contributed by atoms with Crippen LogP contribution in [0.2, 0.25) is 0 Å². The van der Waals surface area contributed by atoms with Crippen molar-refractivity contribution < 1.29 is 28.7 Å². The third kappa shape index (κ3) is 6.42. The monoisotopic (exact) mass is 210 g/mol. The summed E-state index contributed by atoms with van der Waals surface area (Å²) in [5.74, 6) is -2.11. The highest BCUT2D eigenvalue weighted by Gasteiger charge is 2.06. The largest absolute Gasteiger partial charge is 0.469 e. The van der Waals surface area contributed by atoms with Gasteiger partial charge in [-0.25, -0.2) is 0 Å². The summed E-state index contributed by atoms with van der Waals surface area (Å²) in [5.41, 5.74) is 0. The van der Waals surface area contributed by atoms with Crippen LogP contribution in [0.15, 0.2) is 0 Å². The van der Waals surface area contributed by atoms with Crippen LogP contribution in [0, 0.1) is 0 Å². The van der Waals surface area contributed by atoms with Crippen molar-refractivity contribution in [2.24, 2.45) is 0 Å². The summed E-state index contributed by atoms with van der Waals surface area (Å²) < 4.78 is 61.0. The normalized spacial score (nSPS) is 20.4. The number of hydrogen-bond acceptors (Lipinski definition) is 5. The van der Waals surface area contributed by atoms with E-state index in [9.17, 15) is 9.59 Å². The minimum Gasteiger partial charge on any atom is -0.469 e. The number of carbonyl (C=O) groups is 2. The van der Waals surface area contributed by atoms with Gasteiger partial charge in [-0.3, -0.25) is 9.59 Å². The Morgan fingerprint density at radius 3 is 1.93 bits per heavy atom. The fourth-order valence-corrected chi connectivity index (χ4v) is 0.487. The van der Waals surface area contributed by atoms with E-state index in [0.29, 0.717) is 0 Å². The number of carbonyl (C=O) groups excluding carboxylic acids is 2. The van der Waals surface area contributed by atoms with E-state index in [1.165, 1.54) is 0 Å². The lowest BCUT2D eigenvalue weighted by atomic mass is 10.3. The highest BCUT2D eigenvalue weighted by atomic mass is 16.5. The van der Waals surface area contributed by atoms with E-state index in [2.05, 4.69) is 9.47 Å². The standard InChI is InChI=1S/C9H17NO4/c1-10(6-4-8(11)13-2)7-5-9(12)14-3/h4-7H2,1-3H3/i1D3,6D2,7D2. The molecule has 82 valence electrons. The number of hydrogen-bond donors (Lipinski definition) is 0. The van der Waals surface area contributed by atoms with Crippen molar-refractivity contribution in [2.75, 3.05) is 34.2 Å². The maximum absolute atomic E-state index is 11.2. The van der Waals surface area contributed by atoms with Crippen molar-refractivity contribution in [3.8, 4) is 0 Å². The molecule has 0 spiro atoms. The first-order valence-corrected chi connectivity index (χ1v) is 3.72. The second-order valence-corrected chi connectivity index (χ2v) is 2.16. The average molecular weight is 210 g/mol. The van der Waals surface area contributed by atoms with Crippen LogP contribution in [-0.4, -0.2) is 51.0 Å². The Labute approximate surface area is 93.8 Å². The predicted molar refractivity (Wildman–Crippen MR) is 50.8 cm³/mol. The molecular weight excluding hydrogens is 186 g/mol. The SMILES string of the molecule is [2H]C([2H])([2H])N(C([2H])([2H])CC(=O)OC)C([2H])([2H])CC(=O)OC. The maximum Gasteiger partial charge on any atom is 0.306 e. The van der Waals surface area contributed by atoms with Gasteiger partial charge in [-0.2, -0.15) is 0 Å². The summed E-state index contributed by atoms with van der Waals surface area (Å²) in [6, 6.07) is 0. The van der Waals surface area contributed by atoms with E-state index < -0.39 is 44.7 Å². The molecule has 14 heavy (non-hydrogen) atoms. The molecule has 0 aliphatic rings. The summed E-state index contributed by atoms with van der Waals surface area (Å²) in [5, 5.41) is 0. The molecule has 5 heteroatoms. The first-order chi connectivity index (χ1) is 9.28. The van der Waals surface area contributed by atoms with Crippen molar-refractivity contribution in [2.45, 2.75) is 12.8 Å². The third-order valence-electron chi connectivity index (χ3n) is 1.22. The van der Waals surface area contributed by atoms with Gasteiger partial charge in [-0.15, -0.1) is 0 Å². The number of nitrogens with zero attached hydrogens (tertiary/aromatic N) is 1. The molecule has 0 bridgehead atoms. The van der Waals surface area contributed by atoms with Crippen LogP contribution < -0.4 is 0 Å². The summed E-state index contributed by atoms with van der Waals surface area (Å²) in [4.78, 5) is 22.2. The van der Waals surface area contributed by atoms with E-state index in [-0.39, 0.29) is 4.90 Å². The zero-order valence-electron chi connectivity index (χ0n) is 15.0. The Morgan fingerprint density at radius 2 is 1.64 bits per heavy atom. The molecule has 0 aromatic rings. The minimum atomic E-state index is -3.23. The van der Waals surface area contributed by atoms with Gasteiger partial charge in [0.2, 0.25) is 0 Å². The maximum atomic E-state index is 11.2. The van der Waals surface area contributed by atoms with Crippen LogP contribution >= 0.6 is 0 Å².